The summed E-state index contributed by atoms with van der Waals surface area (Å²) in [6.45, 7) is 6.14. The van der Waals surface area contributed by atoms with E-state index in [-0.39, 0.29) is 36.6 Å². The first-order valence-electron chi connectivity index (χ1n) is 11.6. The fourth-order valence-corrected chi connectivity index (χ4v) is 4.46. The molecule has 0 spiro atoms. The van der Waals surface area contributed by atoms with E-state index in [0.29, 0.717) is 23.1 Å². The standard InChI is InChI=1S/C25H30N4O5/c1-25(2,3)34-24(33)28-14-6-5-7-17(28)10-8-16-9-11-18-20(15-16)27(4)23(32)29(18)19-12-13-21(30)26-22(19)31/h9,11,15,17,19H,5-7,12-14H2,1-4H3,(H,26,30,31). The largest absolute Gasteiger partial charge is 0.444 e. The minimum atomic E-state index is -0.726. The molecular weight excluding hydrogens is 436 g/mol. The van der Waals surface area contributed by atoms with Gasteiger partial charge in [-0.25, -0.2) is 9.59 Å². The van der Waals surface area contributed by atoms with E-state index in [1.54, 1.807) is 24.1 Å². The molecule has 2 unspecified atom stereocenters. The van der Waals surface area contributed by atoms with Crippen molar-refractivity contribution in [3.05, 3.63) is 34.2 Å². The third-order valence-electron chi connectivity index (χ3n) is 6.13. The van der Waals surface area contributed by atoms with E-state index in [9.17, 15) is 19.2 Å². The van der Waals surface area contributed by atoms with Gasteiger partial charge in [0.15, 0.2) is 0 Å². The minimum absolute atomic E-state index is 0.193. The van der Waals surface area contributed by atoms with E-state index in [0.717, 1.165) is 19.3 Å². The molecule has 0 saturated carbocycles. The van der Waals surface area contributed by atoms with Gasteiger partial charge in [0.05, 0.1) is 17.1 Å². The fraction of sp³-hybridized carbons (Fsp3) is 0.520. The second-order valence-corrected chi connectivity index (χ2v) is 9.84. The number of benzene rings is 1. The number of fused-ring (bicyclic) bond motifs is 1. The Kier molecular flexibility index (Phi) is 6.26. The van der Waals surface area contributed by atoms with Crippen molar-refractivity contribution in [3.63, 3.8) is 0 Å². The van der Waals surface area contributed by atoms with Crippen molar-refractivity contribution in [2.24, 2.45) is 7.05 Å². The zero-order valence-electron chi connectivity index (χ0n) is 20.0. The highest BCUT2D eigenvalue weighted by atomic mass is 16.6. The molecule has 0 radical (unpaired) electrons. The molecule has 2 aliphatic heterocycles. The lowest BCUT2D eigenvalue weighted by Gasteiger charge is -2.34. The fourth-order valence-electron chi connectivity index (χ4n) is 4.46. The lowest BCUT2D eigenvalue weighted by Crippen LogP contribution is -2.45. The van der Waals surface area contributed by atoms with E-state index in [1.807, 2.05) is 26.8 Å². The van der Waals surface area contributed by atoms with Gasteiger partial charge in [-0.05, 0) is 64.7 Å². The minimum Gasteiger partial charge on any atom is -0.444 e. The predicted octanol–water partition coefficient (Wildman–Crippen LogP) is 2.46. The number of imide groups is 1. The van der Waals surface area contributed by atoms with Crippen LogP contribution in [0.5, 0.6) is 0 Å². The van der Waals surface area contributed by atoms with Crippen LogP contribution in [0.4, 0.5) is 4.79 Å². The smallest absolute Gasteiger partial charge is 0.411 e. The number of ether oxygens (including phenoxy) is 1. The summed E-state index contributed by atoms with van der Waals surface area (Å²) in [6, 6.07) is 4.42. The third kappa shape index (κ3) is 4.72. The van der Waals surface area contributed by atoms with Crippen LogP contribution in [0.15, 0.2) is 23.0 Å². The number of carbonyl (C=O) groups excluding carboxylic acids is 3. The normalized spacial score (nSPS) is 21.1. The van der Waals surface area contributed by atoms with Crippen LogP contribution in [0.25, 0.3) is 11.0 Å². The molecule has 3 amide bonds. The van der Waals surface area contributed by atoms with Crippen molar-refractivity contribution in [1.29, 1.82) is 0 Å². The highest BCUT2D eigenvalue weighted by molar-refractivity contribution is 6.00. The second-order valence-electron chi connectivity index (χ2n) is 9.84. The zero-order chi connectivity index (χ0) is 24.6. The van der Waals surface area contributed by atoms with Crippen LogP contribution in [0.2, 0.25) is 0 Å². The molecule has 4 rings (SSSR count). The molecule has 2 aromatic rings. The highest BCUT2D eigenvalue weighted by Gasteiger charge is 2.32. The molecule has 1 N–H and O–H groups in total. The van der Waals surface area contributed by atoms with Gasteiger partial charge < -0.3 is 4.74 Å². The molecule has 2 saturated heterocycles. The number of piperidine rings is 2. The van der Waals surface area contributed by atoms with Gasteiger partial charge >= 0.3 is 11.8 Å². The predicted molar refractivity (Wildman–Crippen MR) is 126 cm³/mol. The van der Waals surface area contributed by atoms with Crippen molar-refractivity contribution in [2.45, 2.75) is 70.6 Å². The first-order valence-corrected chi connectivity index (χ1v) is 11.6. The molecule has 0 aliphatic carbocycles. The number of hydrogen-bond donors (Lipinski definition) is 1. The van der Waals surface area contributed by atoms with Crippen molar-refractivity contribution in [1.82, 2.24) is 19.4 Å². The molecule has 1 aromatic heterocycles. The summed E-state index contributed by atoms with van der Waals surface area (Å²) in [7, 11) is 1.65. The van der Waals surface area contributed by atoms with E-state index < -0.39 is 17.6 Å². The van der Waals surface area contributed by atoms with E-state index >= 15 is 0 Å². The Morgan fingerprint density at radius 2 is 1.88 bits per heavy atom. The first-order chi connectivity index (χ1) is 16.0. The lowest BCUT2D eigenvalue weighted by atomic mass is 10.0. The highest BCUT2D eigenvalue weighted by Crippen LogP contribution is 2.24. The van der Waals surface area contributed by atoms with Gasteiger partial charge in [-0.2, -0.15) is 0 Å². The average molecular weight is 467 g/mol. The maximum absolute atomic E-state index is 12.9. The summed E-state index contributed by atoms with van der Waals surface area (Å²) in [5, 5.41) is 2.31. The number of hydrogen-bond acceptors (Lipinski definition) is 5. The summed E-state index contributed by atoms with van der Waals surface area (Å²) in [5.74, 6) is 5.58. The second kappa shape index (κ2) is 9.01. The van der Waals surface area contributed by atoms with Crippen molar-refractivity contribution in [2.75, 3.05) is 6.54 Å². The van der Waals surface area contributed by atoms with Crippen LogP contribution in [-0.4, -0.2) is 50.1 Å². The van der Waals surface area contributed by atoms with Crippen molar-refractivity contribution >= 4 is 28.9 Å². The topological polar surface area (TPSA) is 103 Å². The number of amides is 3. The van der Waals surface area contributed by atoms with Crippen LogP contribution >= 0.6 is 0 Å². The number of likely N-dealkylation sites (tertiary alicyclic amines) is 1. The van der Waals surface area contributed by atoms with Gasteiger partial charge in [0.2, 0.25) is 11.8 Å². The lowest BCUT2D eigenvalue weighted by molar-refractivity contribution is -0.135. The van der Waals surface area contributed by atoms with E-state index in [2.05, 4.69) is 17.2 Å². The Labute approximate surface area is 198 Å². The summed E-state index contributed by atoms with van der Waals surface area (Å²) >= 11 is 0. The van der Waals surface area contributed by atoms with Gasteiger partial charge in [-0.3, -0.25) is 28.9 Å². The number of aromatic nitrogens is 2. The Balaban J connectivity index is 1.63. The van der Waals surface area contributed by atoms with E-state index in [1.165, 1.54) is 9.13 Å². The Hall–Kier alpha value is -3.54. The number of nitrogens with one attached hydrogen (secondary N) is 1. The molecule has 34 heavy (non-hydrogen) atoms. The summed E-state index contributed by atoms with van der Waals surface area (Å²) in [5.41, 5.74) is 1.07. The van der Waals surface area contributed by atoms with Gasteiger partial charge in [-0.1, -0.05) is 11.8 Å². The Morgan fingerprint density at radius 3 is 2.59 bits per heavy atom. The van der Waals surface area contributed by atoms with Crippen LogP contribution in [0.3, 0.4) is 0 Å². The number of carbonyl (C=O) groups is 3. The molecular formula is C25H30N4O5. The molecule has 0 bridgehead atoms. The molecule has 9 nitrogen and oxygen atoms in total. The number of imidazole rings is 1. The Morgan fingerprint density at radius 1 is 1.12 bits per heavy atom. The third-order valence-corrected chi connectivity index (χ3v) is 6.13. The molecule has 2 atom stereocenters. The maximum atomic E-state index is 12.9. The molecule has 3 heterocycles. The van der Waals surface area contributed by atoms with E-state index in [4.69, 9.17) is 4.74 Å². The SMILES string of the molecule is Cn1c(=O)n(C2CCC(=O)NC2=O)c2ccc(C#CC3CCCCN3C(=O)OC(C)(C)C)cc21. The van der Waals surface area contributed by atoms with Gasteiger partial charge in [0.25, 0.3) is 0 Å². The average Bonchev–Trinajstić information content (AvgIpc) is 3.01. The van der Waals surface area contributed by atoms with Crippen molar-refractivity contribution in [3.8, 4) is 11.8 Å². The van der Waals surface area contributed by atoms with Crippen LogP contribution in [0, 0.1) is 11.8 Å². The van der Waals surface area contributed by atoms with Gasteiger partial charge in [-0.15, -0.1) is 0 Å². The quantitative estimate of drug-likeness (QED) is 0.514. The monoisotopic (exact) mass is 466 g/mol. The molecule has 2 fully saturated rings. The summed E-state index contributed by atoms with van der Waals surface area (Å²) in [6.07, 6.45) is 2.80. The van der Waals surface area contributed by atoms with Crippen molar-refractivity contribution < 1.29 is 19.1 Å². The number of aryl methyl sites for hydroxylation is 1. The number of nitrogens with zero attached hydrogens (tertiary/aromatic N) is 3. The van der Waals surface area contributed by atoms with Gasteiger partial charge in [0, 0.05) is 25.6 Å². The van der Waals surface area contributed by atoms with Gasteiger partial charge in [0.1, 0.15) is 11.6 Å². The Bertz CT molecular complexity index is 1270. The van der Waals surface area contributed by atoms with Crippen LogP contribution in [-0.2, 0) is 21.4 Å². The maximum Gasteiger partial charge on any atom is 0.411 e. The summed E-state index contributed by atoms with van der Waals surface area (Å²) < 4.78 is 8.47. The summed E-state index contributed by atoms with van der Waals surface area (Å²) in [4.78, 5) is 51.1. The molecule has 1 aromatic carbocycles. The first kappa shape index (κ1) is 23.6. The molecule has 180 valence electrons. The molecule has 9 heteroatoms. The van der Waals surface area contributed by atoms with Crippen LogP contribution < -0.4 is 11.0 Å². The molecule has 2 aliphatic rings. The van der Waals surface area contributed by atoms with Crippen LogP contribution in [0.1, 0.15) is 64.5 Å². The zero-order valence-corrected chi connectivity index (χ0v) is 20.0. The number of rotatable bonds is 1.